The molecule has 1 aliphatic heterocycles. The fraction of sp³-hybridized carbons (Fsp3) is 0.471. The summed E-state index contributed by atoms with van der Waals surface area (Å²) in [6.07, 6.45) is 0.589. The van der Waals surface area contributed by atoms with Crippen molar-refractivity contribution in [1.29, 1.82) is 0 Å². The van der Waals surface area contributed by atoms with E-state index in [0.717, 1.165) is 11.4 Å². The fourth-order valence-corrected chi connectivity index (χ4v) is 3.96. The molecule has 2 amide bonds. The van der Waals surface area contributed by atoms with Gasteiger partial charge in [-0.1, -0.05) is 18.7 Å². The molecule has 0 spiro atoms. The molecule has 0 unspecified atom stereocenters. The van der Waals surface area contributed by atoms with Gasteiger partial charge >= 0.3 is 12.0 Å². The SMILES string of the molecule is CCOC(=O)C1=C(CSc2nnc3nc(C)cc(C)n23)NC(=O)N[C@H]1CC. The first-order valence-corrected chi connectivity index (χ1v) is 9.73. The molecular weight excluding hydrogens is 368 g/mol. The molecule has 3 heterocycles. The first-order valence-electron chi connectivity index (χ1n) is 8.74. The van der Waals surface area contributed by atoms with Gasteiger partial charge in [-0.2, -0.15) is 0 Å². The zero-order valence-corrected chi connectivity index (χ0v) is 16.5. The first-order chi connectivity index (χ1) is 12.9. The minimum atomic E-state index is -0.424. The maximum Gasteiger partial charge on any atom is 0.337 e. The third-order valence-corrected chi connectivity index (χ3v) is 5.11. The molecule has 0 bridgehead atoms. The number of carbonyl (C=O) groups excluding carboxylic acids is 2. The minimum absolute atomic E-state index is 0.270. The van der Waals surface area contributed by atoms with Crippen LogP contribution in [0, 0.1) is 13.8 Å². The van der Waals surface area contributed by atoms with Crippen LogP contribution in [0.5, 0.6) is 0 Å². The van der Waals surface area contributed by atoms with Crippen molar-refractivity contribution in [2.45, 2.75) is 45.3 Å². The van der Waals surface area contributed by atoms with Crippen molar-refractivity contribution in [1.82, 2.24) is 30.2 Å². The number of carbonyl (C=O) groups is 2. The van der Waals surface area contributed by atoms with Gasteiger partial charge in [0.25, 0.3) is 5.78 Å². The van der Waals surface area contributed by atoms with Crippen LogP contribution in [0.4, 0.5) is 4.79 Å². The number of fused-ring (bicyclic) bond motifs is 1. The van der Waals surface area contributed by atoms with Crippen molar-refractivity contribution < 1.29 is 14.3 Å². The van der Waals surface area contributed by atoms with Crippen molar-refractivity contribution in [3.05, 3.63) is 28.7 Å². The number of urea groups is 1. The van der Waals surface area contributed by atoms with Crippen LogP contribution in [0.25, 0.3) is 5.78 Å². The Kier molecular flexibility index (Phi) is 5.64. The van der Waals surface area contributed by atoms with Gasteiger partial charge in [0, 0.05) is 22.8 Å². The number of hydrogen-bond acceptors (Lipinski definition) is 7. The Morgan fingerprint density at radius 3 is 2.81 bits per heavy atom. The standard InChI is InChI=1S/C17H22N6O3S/c1-5-11-13(14(24)26-6-2)12(20-16(25)19-11)8-27-17-22-21-15-18-9(3)7-10(4)23(15)17/h7,11H,5-6,8H2,1-4H3,(H2,19,20,25)/t11-/m0/s1. The lowest BCUT2D eigenvalue weighted by atomic mass is 10.0. The van der Waals surface area contributed by atoms with E-state index in [2.05, 4.69) is 25.8 Å². The third-order valence-electron chi connectivity index (χ3n) is 4.16. The van der Waals surface area contributed by atoms with E-state index in [9.17, 15) is 9.59 Å². The quantitative estimate of drug-likeness (QED) is 0.571. The molecule has 2 aromatic heterocycles. The molecule has 0 saturated heterocycles. The molecular formula is C17H22N6O3S. The highest BCUT2D eigenvalue weighted by Gasteiger charge is 2.31. The molecule has 0 saturated carbocycles. The topological polar surface area (TPSA) is 111 Å². The van der Waals surface area contributed by atoms with Crippen molar-refractivity contribution >= 4 is 29.5 Å². The van der Waals surface area contributed by atoms with Crippen molar-refractivity contribution in [3.8, 4) is 0 Å². The van der Waals surface area contributed by atoms with Crippen LogP contribution in [0.2, 0.25) is 0 Å². The van der Waals surface area contributed by atoms with Crippen LogP contribution in [-0.4, -0.2) is 50.0 Å². The highest BCUT2D eigenvalue weighted by Crippen LogP contribution is 2.24. The summed E-state index contributed by atoms with van der Waals surface area (Å²) in [5.74, 6) is 0.453. The summed E-state index contributed by atoms with van der Waals surface area (Å²) in [7, 11) is 0. The number of thioether (sulfide) groups is 1. The normalized spacial score (nSPS) is 17.0. The van der Waals surface area contributed by atoms with Gasteiger partial charge in [0.05, 0.1) is 18.2 Å². The number of amides is 2. The highest BCUT2D eigenvalue weighted by molar-refractivity contribution is 7.99. The molecule has 144 valence electrons. The highest BCUT2D eigenvalue weighted by atomic mass is 32.2. The maximum atomic E-state index is 12.4. The van der Waals surface area contributed by atoms with E-state index in [-0.39, 0.29) is 18.7 Å². The Hall–Kier alpha value is -2.62. The van der Waals surface area contributed by atoms with Crippen LogP contribution in [-0.2, 0) is 9.53 Å². The van der Waals surface area contributed by atoms with Crippen LogP contribution in [0.1, 0.15) is 31.7 Å². The van der Waals surface area contributed by atoms with Crippen molar-refractivity contribution in [2.75, 3.05) is 12.4 Å². The summed E-state index contributed by atoms with van der Waals surface area (Å²) in [5.41, 5.74) is 2.81. The first kappa shape index (κ1) is 19.2. The summed E-state index contributed by atoms with van der Waals surface area (Å²) in [5, 5.41) is 14.4. The molecule has 0 aromatic carbocycles. The predicted molar refractivity (Wildman–Crippen MR) is 100 cm³/mol. The molecule has 1 atom stereocenters. The molecule has 0 aliphatic carbocycles. The Labute approximate surface area is 161 Å². The monoisotopic (exact) mass is 390 g/mol. The lowest BCUT2D eigenvalue weighted by molar-refractivity contribution is -0.139. The molecule has 0 fully saturated rings. The van der Waals surface area contributed by atoms with Gasteiger partial charge in [-0.05, 0) is 33.3 Å². The summed E-state index contributed by atoms with van der Waals surface area (Å²) in [6.45, 7) is 7.79. The summed E-state index contributed by atoms with van der Waals surface area (Å²) in [6, 6.07) is 1.24. The van der Waals surface area contributed by atoms with E-state index in [1.54, 1.807) is 6.92 Å². The van der Waals surface area contributed by atoms with Gasteiger partial charge in [-0.25, -0.2) is 14.6 Å². The van der Waals surface area contributed by atoms with Gasteiger partial charge < -0.3 is 15.4 Å². The maximum absolute atomic E-state index is 12.4. The number of esters is 1. The second-order valence-corrected chi connectivity index (χ2v) is 7.06. The lowest BCUT2D eigenvalue weighted by Crippen LogP contribution is -2.50. The van der Waals surface area contributed by atoms with Gasteiger partial charge in [-0.15, -0.1) is 10.2 Å². The lowest BCUT2D eigenvalue weighted by Gasteiger charge is -2.28. The summed E-state index contributed by atoms with van der Waals surface area (Å²) in [4.78, 5) is 28.8. The van der Waals surface area contributed by atoms with Gasteiger partial charge in [0.2, 0.25) is 0 Å². The van der Waals surface area contributed by atoms with Gasteiger partial charge in [-0.3, -0.25) is 4.40 Å². The van der Waals surface area contributed by atoms with E-state index in [1.807, 2.05) is 31.2 Å². The number of nitrogens with one attached hydrogen (secondary N) is 2. The van der Waals surface area contributed by atoms with E-state index < -0.39 is 5.97 Å². The molecule has 10 heteroatoms. The molecule has 9 nitrogen and oxygen atoms in total. The number of rotatable bonds is 6. The van der Waals surface area contributed by atoms with E-state index in [0.29, 0.717) is 34.4 Å². The van der Waals surface area contributed by atoms with Gasteiger partial charge in [0.1, 0.15) is 0 Å². The molecule has 3 rings (SSSR count). The molecule has 0 radical (unpaired) electrons. The Balaban J connectivity index is 1.92. The van der Waals surface area contributed by atoms with Crippen LogP contribution in [0.15, 0.2) is 22.5 Å². The summed E-state index contributed by atoms with van der Waals surface area (Å²) < 4.78 is 7.03. The largest absolute Gasteiger partial charge is 0.463 e. The van der Waals surface area contributed by atoms with Crippen LogP contribution < -0.4 is 10.6 Å². The summed E-state index contributed by atoms with van der Waals surface area (Å²) >= 11 is 1.38. The van der Waals surface area contributed by atoms with Crippen molar-refractivity contribution in [3.63, 3.8) is 0 Å². The minimum Gasteiger partial charge on any atom is -0.463 e. The number of aryl methyl sites for hydroxylation is 2. The fourth-order valence-electron chi connectivity index (χ4n) is 3.01. The molecule has 2 N–H and O–H groups in total. The smallest absolute Gasteiger partial charge is 0.337 e. The zero-order valence-electron chi connectivity index (χ0n) is 15.7. The second kappa shape index (κ2) is 7.95. The molecule has 2 aromatic rings. The Morgan fingerprint density at radius 2 is 2.11 bits per heavy atom. The number of aromatic nitrogens is 4. The second-order valence-electron chi connectivity index (χ2n) is 6.12. The van der Waals surface area contributed by atoms with Gasteiger partial charge in [0.15, 0.2) is 5.16 Å². The third kappa shape index (κ3) is 3.90. The molecule has 27 heavy (non-hydrogen) atoms. The van der Waals surface area contributed by atoms with Crippen LogP contribution >= 0.6 is 11.8 Å². The Bertz CT molecular complexity index is 923. The van der Waals surface area contributed by atoms with E-state index in [4.69, 9.17) is 4.74 Å². The molecule has 1 aliphatic rings. The number of nitrogens with zero attached hydrogens (tertiary/aromatic N) is 4. The van der Waals surface area contributed by atoms with E-state index >= 15 is 0 Å². The number of ether oxygens (including phenoxy) is 1. The average molecular weight is 390 g/mol. The van der Waals surface area contributed by atoms with E-state index in [1.165, 1.54) is 11.8 Å². The zero-order chi connectivity index (χ0) is 19.6. The van der Waals surface area contributed by atoms with Crippen LogP contribution in [0.3, 0.4) is 0 Å². The predicted octanol–water partition coefficient (Wildman–Crippen LogP) is 1.74. The number of hydrogen-bond donors (Lipinski definition) is 2. The Morgan fingerprint density at radius 1 is 1.33 bits per heavy atom. The average Bonchev–Trinajstić information content (AvgIpc) is 3.02. The van der Waals surface area contributed by atoms with Crippen molar-refractivity contribution in [2.24, 2.45) is 0 Å².